The van der Waals surface area contributed by atoms with Crippen LogP contribution in [0.4, 0.5) is 22.7 Å². The van der Waals surface area contributed by atoms with Crippen LogP contribution in [0.1, 0.15) is 53.6 Å². The molecule has 0 saturated heterocycles. The van der Waals surface area contributed by atoms with Crippen LogP contribution in [0.15, 0.2) is 46.5 Å². The van der Waals surface area contributed by atoms with E-state index in [1.165, 1.54) is 53.9 Å². The zero-order valence-corrected chi connectivity index (χ0v) is 34.3. The number of rotatable bonds is 24. The first-order valence-electron chi connectivity index (χ1n) is 17.5. The van der Waals surface area contributed by atoms with Gasteiger partial charge in [0.15, 0.2) is 5.96 Å². The van der Waals surface area contributed by atoms with Crippen LogP contribution in [0.5, 0.6) is 0 Å². The highest BCUT2D eigenvalue weighted by Gasteiger charge is 2.21. The van der Waals surface area contributed by atoms with E-state index in [0.717, 1.165) is 6.33 Å². The van der Waals surface area contributed by atoms with Crippen LogP contribution in [0, 0.1) is 10.8 Å². The Hall–Kier alpha value is -5.64. The maximum absolute atomic E-state index is 13.6. The number of carbonyl (C=O) groups excluding carboxylic acids is 6. The molecule has 12 N–H and O–H groups in total. The number of thioether (sulfide) groups is 2. The molecule has 23 heteroatoms. The topological polar surface area (TPSA) is 298 Å². The molecule has 19 nitrogen and oxygen atoms in total. The van der Waals surface area contributed by atoms with E-state index in [-0.39, 0.29) is 88.9 Å². The second-order valence-corrected chi connectivity index (χ2v) is 15.0. The fourth-order valence-corrected chi connectivity index (χ4v) is 7.16. The molecule has 0 radical (unpaired) electrons. The third-order valence-corrected chi connectivity index (χ3v) is 10.0. The summed E-state index contributed by atoms with van der Waals surface area (Å²) >= 11 is 15.3. The average Bonchev–Trinajstić information content (AvgIpc) is 3.16. The summed E-state index contributed by atoms with van der Waals surface area (Å²) in [7, 11) is 0. The minimum atomic E-state index is -0.738. The van der Waals surface area contributed by atoms with E-state index in [1.807, 2.05) is 0 Å². The number of unbranched alkanes of at least 4 members (excludes halogenated alkanes) is 1. The molecule has 0 atom stereocenters. The van der Waals surface area contributed by atoms with Gasteiger partial charge >= 0.3 is 0 Å². The van der Waals surface area contributed by atoms with Crippen molar-refractivity contribution in [3.05, 3.63) is 58.1 Å². The number of benzene rings is 2. The summed E-state index contributed by atoms with van der Waals surface area (Å²) in [6.45, 7) is 2.76. The van der Waals surface area contributed by atoms with Crippen molar-refractivity contribution in [3.8, 4) is 0 Å². The molecule has 0 fully saturated rings. The minimum Gasteiger partial charge on any atom is -0.374 e. The van der Waals surface area contributed by atoms with Gasteiger partial charge in [-0.25, -0.2) is 9.97 Å². The van der Waals surface area contributed by atoms with Gasteiger partial charge in [-0.15, -0.1) is 23.5 Å². The Morgan fingerprint density at radius 1 is 0.672 bits per heavy atom. The summed E-state index contributed by atoms with van der Waals surface area (Å²) in [5.74, 6) is -1.40. The van der Waals surface area contributed by atoms with Crippen LogP contribution in [-0.4, -0.2) is 95.9 Å². The molecule has 0 aliphatic carbocycles. The number of hydrogen-bond acceptors (Lipinski definition) is 12. The number of hydrogen-bond donors (Lipinski definition) is 11. The minimum absolute atomic E-state index is 0.0395. The number of aromatic nitrogens is 2. The van der Waals surface area contributed by atoms with Crippen molar-refractivity contribution < 1.29 is 28.8 Å². The maximum Gasteiger partial charge on any atom is 0.274 e. The van der Waals surface area contributed by atoms with E-state index in [2.05, 4.69) is 52.5 Å². The highest BCUT2D eigenvalue weighted by molar-refractivity contribution is 7.99. The van der Waals surface area contributed by atoms with Gasteiger partial charge in [0.05, 0.1) is 38.4 Å². The third kappa shape index (κ3) is 16.5. The predicted molar refractivity (Wildman–Crippen MR) is 227 cm³/mol. The van der Waals surface area contributed by atoms with Crippen molar-refractivity contribution in [2.75, 3.05) is 59.0 Å². The first-order valence-corrected chi connectivity index (χ1v) is 20.2. The summed E-state index contributed by atoms with van der Waals surface area (Å²) in [4.78, 5) is 83.5. The standard InChI is InChI=1S/C35H43Cl2N13O6S2/c1-20(38)43-7-5-30(54)48-24-13-22(37)15-26(32(24)58-11-9-42-19-52)50-34(56)28-16-27(45-17-46-28)33(55)49-25-14-21(36)12-23(31(25)57-10-8-41-18-51)47-29(53)4-2-3-6-44-35(39)40/h12-19H,2-11H2,1H3,(H2,38,43)(H,41,51)(H,42,52)(H,47,53)(H,48,54)(H,49,55)(H,50,56)(H4,39,40,44). The smallest absolute Gasteiger partial charge is 0.274 e. The Balaban J connectivity index is 1.85. The monoisotopic (exact) mass is 875 g/mol. The van der Waals surface area contributed by atoms with Gasteiger partial charge in [-0.1, -0.05) is 23.2 Å². The van der Waals surface area contributed by atoms with Crippen LogP contribution < -0.4 is 48.3 Å². The molecule has 0 saturated carbocycles. The predicted octanol–water partition coefficient (Wildman–Crippen LogP) is 3.47. The zero-order valence-electron chi connectivity index (χ0n) is 31.2. The van der Waals surface area contributed by atoms with E-state index in [0.29, 0.717) is 64.9 Å². The van der Waals surface area contributed by atoms with Crippen LogP contribution in [0.2, 0.25) is 10.0 Å². The summed E-state index contributed by atoms with van der Waals surface area (Å²) in [6.07, 6.45) is 3.42. The third-order valence-electron chi connectivity index (χ3n) is 7.32. The van der Waals surface area contributed by atoms with Crippen LogP contribution in [-0.2, 0) is 19.2 Å². The molecule has 58 heavy (non-hydrogen) atoms. The fourth-order valence-electron chi connectivity index (χ4n) is 4.81. The number of amidine groups is 1. The first-order chi connectivity index (χ1) is 27.8. The van der Waals surface area contributed by atoms with E-state index < -0.39 is 11.8 Å². The molecule has 0 aliphatic rings. The number of nitrogens with zero attached hydrogens (tertiary/aromatic N) is 2. The number of amides is 6. The van der Waals surface area contributed by atoms with E-state index in [1.54, 1.807) is 6.92 Å². The second-order valence-electron chi connectivity index (χ2n) is 11.9. The number of carbonyl (C=O) groups is 6. The van der Waals surface area contributed by atoms with E-state index in [4.69, 9.17) is 39.8 Å². The molecule has 0 bridgehead atoms. The quantitative estimate of drug-likeness (QED) is 0.0202. The summed E-state index contributed by atoms with van der Waals surface area (Å²) < 4.78 is 0. The largest absolute Gasteiger partial charge is 0.374 e. The van der Waals surface area contributed by atoms with Crippen molar-refractivity contribution in [1.29, 1.82) is 10.8 Å². The zero-order chi connectivity index (χ0) is 42.5. The molecule has 1 aromatic heterocycles. The number of guanidine groups is 1. The highest BCUT2D eigenvalue weighted by Crippen LogP contribution is 2.39. The average molecular weight is 877 g/mol. The number of anilines is 4. The number of nitrogens with one attached hydrogen (secondary N) is 10. The second kappa shape index (κ2) is 24.9. The maximum atomic E-state index is 13.6. The lowest BCUT2D eigenvalue weighted by Gasteiger charge is -2.17. The van der Waals surface area contributed by atoms with Gasteiger partial charge in [-0.2, -0.15) is 0 Å². The summed E-state index contributed by atoms with van der Waals surface area (Å²) in [6, 6.07) is 7.18. The molecule has 310 valence electrons. The highest BCUT2D eigenvalue weighted by atomic mass is 35.5. The van der Waals surface area contributed by atoms with Gasteiger partial charge in [0.2, 0.25) is 24.6 Å². The normalized spacial score (nSPS) is 10.4. The van der Waals surface area contributed by atoms with Crippen LogP contribution in [0.3, 0.4) is 0 Å². The lowest BCUT2D eigenvalue weighted by Crippen LogP contribution is -2.30. The van der Waals surface area contributed by atoms with E-state index in [9.17, 15) is 28.8 Å². The van der Waals surface area contributed by atoms with Gasteiger partial charge in [-0.3, -0.25) is 39.6 Å². The lowest BCUT2D eigenvalue weighted by molar-refractivity contribution is -0.117. The molecule has 0 spiro atoms. The van der Waals surface area contributed by atoms with E-state index >= 15 is 0 Å². The van der Waals surface area contributed by atoms with Crippen molar-refractivity contribution in [1.82, 2.24) is 31.2 Å². The molecule has 3 rings (SSSR count). The van der Waals surface area contributed by atoms with Gasteiger partial charge in [-0.05, 0) is 44.0 Å². The molecule has 1 heterocycles. The van der Waals surface area contributed by atoms with Gasteiger partial charge in [0, 0.05) is 66.6 Å². The molecule has 6 amide bonds. The molecular formula is C35H43Cl2N13O6S2. The van der Waals surface area contributed by atoms with Gasteiger partial charge in [0.1, 0.15) is 17.7 Å². The number of halogens is 2. The Bertz CT molecular complexity index is 1990. The van der Waals surface area contributed by atoms with Crippen LogP contribution in [0.25, 0.3) is 0 Å². The molecule has 2 aromatic carbocycles. The Morgan fingerprint density at radius 3 is 1.59 bits per heavy atom. The lowest BCUT2D eigenvalue weighted by atomic mass is 10.2. The summed E-state index contributed by atoms with van der Waals surface area (Å²) in [5.41, 5.74) is 5.97. The Morgan fingerprint density at radius 2 is 1.14 bits per heavy atom. The molecule has 0 unspecified atom stereocenters. The molecule has 3 aromatic rings. The molecule has 0 aliphatic heterocycles. The molecular weight excluding hydrogens is 834 g/mol. The van der Waals surface area contributed by atoms with Crippen molar-refractivity contribution >= 4 is 118 Å². The van der Waals surface area contributed by atoms with Crippen LogP contribution >= 0.6 is 46.7 Å². The summed E-state index contributed by atoms with van der Waals surface area (Å²) in [5, 5.41) is 36.8. The SMILES string of the molecule is CC(=N)NCCC(=O)Nc1cc(Cl)cc(NC(=O)c2cc(C(=O)Nc3cc(Cl)cc(NC(=O)CCCCNC(=N)N)c3SCCNC=O)ncn2)c1SCCNC=O. The Kier molecular flexibility index (Phi) is 20.0. The first kappa shape index (κ1) is 46.7. The van der Waals surface area contributed by atoms with Crippen molar-refractivity contribution in [2.24, 2.45) is 5.73 Å². The van der Waals surface area contributed by atoms with Gasteiger partial charge in [0.25, 0.3) is 11.8 Å². The van der Waals surface area contributed by atoms with Crippen molar-refractivity contribution in [3.63, 3.8) is 0 Å². The fraction of sp³-hybridized carbons (Fsp3) is 0.314. The number of nitrogens with two attached hydrogens (primary N) is 1. The van der Waals surface area contributed by atoms with Gasteiger partial charge < -0.3 is 48.3 Å². The Labute approximate surface area is 352 Å². The van der Waals surface area contributed by atoms with Crippen molar-refractivity contribution in [2.45, 2.75) is 42.4 Å².